The lowest BCUT2D eigenvalue weighted by atomic mass is 10.0. The Morgan fingerprint density at radius 3 is 1.83 bits per heavy atom. The standard InChI is InChI=1S/C27H47N9O5.CH4/c28-14-6-4-11-19(30)23(37)34-20(13-8-16-33-27(31)32)24(38)36-22(17-18-9-2-1-3-10-18)25(39)35-21(26(40)41)12-5-7-15-29;/h1-3,9-10,19-22H,4-8,11-17,28-30H2,(H,34,37)(H,35,39)(H,36,38)(H,40,41)(H4,31,32,33);1H4. The Kier molecular flexibility index (Phi) is 20.0. The van der Waals surface area contributed by atoms with Gasteiger partial charge in [0, 0.05) is 13.0 Å². The molecule has 238 valence electrons. The predicted octanol–water partition coefficient (Wildman–Crippen LogP) is -0.957. The molecule has 0 saturated heterocycles. The number of amides is 3. The van der Waals surface area contributed by atoms with Gasteiger partial charge in [-0.05, 0) is 63.6 Å². The number of nitrogens with zero attached hydrogens (tertiary/aromatic N) is 1. The van der Waals surface area contributed by atoms with Gasteiger partial charge in [-0.25, -0.2) is 4.79 Å². The highest BCUT2D eigenvalue weighted by atomic mass is 16.4. The zero-order chi connectivity index (χ0) is 30.6. The van der Waals surface area contributed by atoms with Crippen molar-refractivity contribution < 1.29 is 24.3 Å². The lowest BCUT2D eigenvalue weighted by Crippen LogP contribution is -2.57. The maximum absolute atomic E-state index is 13.4. The van der Waals surface area contributed by atoms with Crippen LogP contribution in [-0.2, 0) is 25.6 Å². The van der Waals surface area contributed by atoms with Crippen LogP contribution >= 0.6 is 0 Å². The number of hydrogen-bond acceptors (Lipinski definition) is 8. The maximum atomic E-state index is 13.4. The van der Waals surface area contributed by atoms with Crippen LogP contribution in [0.2, 0.25) is 0 Å². The second-order valence-corrected chi connectivity index (χ2v) is 9.84. The highest BCUT2D eigenvalue weighted by molar-refractivity contribution is 5.94. The number of hydrogen-bond donors (Lipinski definition) is 9. The second kappa shape index (κ2) is 21.9. The first-order chi connectivity index (χ1) is 19.6. The third-order valence-corrected chi connectivity index (χ3v) is 6.36. The summed E-state index contributed by atoms with van der Waals surface area (Å²) in [7, 11) is 0. The molecule has 14 nitrogen and oxygen atoms in total. The summed E-state index contributed by atoms with van der Waals surface area (Å²) >= 11 is 0. The van der Waals surface area contributed by atoms with Gasteiger partial charge in [0.2, 0.25) is 17.7 Å². The smallest absolute Gasteiger partial charge is 0.326 e. The topological polar surface area (TPSA) is 267 Å². The molecule has 1 aromatic carbocycles. The van der Waals surface area contributed by atoms with Crippen molar-refractivity contribution in [3.05, 3.63) is 35.9 Å². The van der Waals surface area contributed by atoms with Crippen molar-refractivity contribution in [2.75, 3.05) is 19.6 Å². The summed E-state index contributed by atoms with van der Waals surface area (Å²) in [5.41, 5.74) is 28.5. The molecule has 0 fully saturated rings. The van der Waals surface area contributed by atoms with Gasteiger partial charge in [-0.15, -0.1) is 0 Å². The zero-order valence-corrected chi connectivity index (χ0v) is 23.6. The van der Waals surface area contributed by atoms with Crippen molar-refractivity contribution in [3.63, 3.8) is 0 Å². The summed E-state index contributed by atoms with van der Waals surface area (Å²) < 4.78 is 0. The molecule has 0 aliphatic heterocycles. The van der Waals surface area contributed by atoms with E-state index in [1.807, 2.05) is 6.07 Å². The van der Waals surface area contributed by atoms with Crippen LogP contribution < -0.4 is 44.6 Å². The van der Waals surface area contributed by atoms with Gasteiger partial charge in [-0.1, -0.05) is 44.2 Å². The molecule has 14 heteroatoms. The van der Waals surface area contributed by atoms with Crippen LogP contribution in [0.1, 0.15) is 64.4 Å². The molecule has 0 heterocycles. The zero-order valence-electron chi connectivity index (χ0n) is 23.6. The summed E-state index contributed by atoms with van der Waals surface area (Å²) in [6, 6.07) is 4.83. The van der Waals surface area contributed by atoms with E-state index in [0.29, 0.717) is 51.6 Å². The molecule has 14 N–H and O–H groups in total. The summed E-state index contributed by atoms with van der Waals surface area (Å²) in [4.78, 5) is 55.2. The van der Waals surface area contributed by atoms with E-state index in [9.17, 15) is 24.3 Å². The quantitative estimate of drug-likeness (QED) is 0.0478. The number of rotatable bonds is 21. The minimum absolute atomic E-state index is 0. The van der Waals surface area contributed by atoms with Crippen LogP contribution in [0.4, 0.5) is 0 Å². The molecule has 0 aromatic heterocycles. The molecule has 1 aromatic rings. The highest BCUT2D eigenvalue weighted by Crippen LogP contribution is 2.08. The van der Waals surface area contributed by atoms with Crippen LogP contribution in [-0.4, -0.2) is 78.6 Å². The number of guanidine groups is 1. The van der Waals surface area contributed by atoms with Crippen LogP contribution in [0.25, 0.3) is 0 Å². The number of unbranched alkanes of at least 4 members (excludes halogenated alkanes) is 2. The predicted molar refractivity (Wildman–Crippen MR) is 164 cm³/mol. The van der Waals surface area contributed by atoms with Gasteiger partial charge in [0.1, 0.15) is 18.1 Å². The molecule has 4 atom stereocenters. The lowest BCUT2D eigenvalue weighted by molar-refractivity contribution is -0.142. The molecule has 4 unspecified atom stereocenters. The average Bonchev–Trinajstić information content (AvgIpc) is 2.93. The first-order valence-corrected chi connectivity index (χ1v) is 14.0. The highest BCUT2D eigenvalue weighted by Gasteiger charge is 2.30. The molecule has 0 bridgehead atoms. The largest absolute Gasteiger partial charge is 0.480 e. The van der Waals surface area contributed by atoms with Gasteiger partial charge in [0.15, 0.2) is 5.96 Å². The minimum Gasteiger partial charge on any atom is -0.480 e. The van der Waals surface area contributed by atoms with Crippen LogP contribution in [0.15, 0.2) is 35.3 Å². The Balaban J connectivity index is 0.0000168. The third kappa shape index (κ3) is 15.9. The summed E-state index contributed by atoms with van der Waals surface area (Å²) in [5, 5.41) is 17.5. The van der Waals surface area contributed by atoms with Gasteiger partial charge in [0.05, 0.1) is 6.04 Å². The number of carboxylic acid groups (broad SMARTS) is 1. The number of carbonyl (C=O) groups is 4. The molecule has 0 aliphatic carbocycles. The first kappa shape index (κ1) is 38.2. The maximum Gasteiger partial charge on any atom is 0.326 e. The van der Waals surface area contributed by atoms with Crippen LogP contribution in [0.5, 0.6) is 0 Å². The van der Waals surface area contributed by atoms with Gasteiger partial charge in [-0.3, -0.25) is 19.4 Å². The Labute approximate surface area is 248 Å². The minimum atomic E-state index is -1.19. The van der Waals surface area contributed by atoms with E-state index in [-0.39, 0.29) is 39.2 Å². The van der Waals surface area contributed by atoms with Crippen molar-refractivity contribution in [2.45, 2.75) is 89.4 Å². The van der Waals surface area contributed by atoms with E-state index in [1.54, 1.807) is 24.3 Å². The van der Waals surface area contributed by atoms with Crippen molar-refractivity contribution in [3.8, 4) is 0 Å². The fourth-order valence-electron chi connectivity index (χ4n) is 4.04. The van der Waals surface area contributed by atoms with Crippen molar-refractivity contribution in [1.29, 1.82) is 0 Å². The Bertz CT molecular complexity index is 974. The Morgan fingerprint density at radius 2 is 1.26 bits per heavy atom. The average molecular weight is 594 g/mol. The number of carbonyl (C=O) groups excluding carboxylic acids is 3. The Morgan fingerprint density at radius 1 is 0.738 bits per heavy atom. The van der Waals surface area contributed by atoms with E-state index in [1.165, 1.54) is 0 Å². The lowest BCUT2D eigenvalue weighted by Gasteiger charge is -2.25. The SMILES string of the molecule is C.NCCCCC(N)C(=O)NC(CCCN=C(N)N)C(=O)NC(Cc1ccccc1)C(=O)NC(CCCCN)C(=O)O. The van der Waals surface area contributed by atoms with Crippen molar-refractivity contribution in [2.24, 2.45) is 33.7 Å². The molecule has 3 amide bonds. The van der Waals surface area contributed by atoms with E-state index in [2.05, 4.69) is 20.9 Å². The Hall–Kier alpha value is -3.75. The molecule has 0 saturated carbocycles. The second-order valence-electron chi connectivity index (χ2n) is 9.84. The number of aliphatic imine (C=N–C) groups is 1. The molecule has 0 radical (unpaired) electrons. The number of benzene rings is 1. The molecule has 0 spiro atoms. The fourth-order valence-corrected chi connectivity index (χ4v) is 4.04. The summed E-state index contributed by atoms with van der Waals surface area (Å²) in [5.74, 6) is -3.08. The first-order valence-electron chi connectivity index (χ1n) is 14.0. The van der Waals surface area contributed by atoms with Gasteiger partial charge in [0.25, 0.3) is 0 Å². The summed E-state index contributed by atoms with van der Waals surface area (Å²) in [6.07, 6.45) is 3.70. The van der Waals surface area contributed by atoms with E-state index in [4.69, 9.17) is 28.7 Å². The van der Waals surface area contributed by atoms with Gasteiger partial charge in [-0.2, -0.15) is 0 Å². The molecule has 1 rings (SSSR count). The van der Waals surface area contributed by atoms with Gasteiger partial charge >= 0.3 is 5.97 Å². The van der Waals surface area contributed by atoms with Crippen molar-refractivity contribution >= 4 is 29.7 Å². The molecular weight excluding hydrogens is 542 g/mol. The van der Waals surface area contributed by atoms with Crippen LogP contribution in [0, 0.1) is 0 Å². The van der Waals surface area contributed by atoms with Crippen LogP contribution in [0.3, 0.4) is 0 Å². The normalized spacial score (nSPS) is 13.4. The number of nitrogens with two attached hydrogens (primary N) is 5. The van der Waals surface area contributed by atoms with E-state index < -0.39 is 47.9 Å². The molecule has 0 aliphatic rings. The van der Waals surface area contributed by atoms with E-state index >= 15 is 0 Å². The number of carboxylic acids is 1. The summed E-state index contributed by atoms with van der Waals surface area (Å²) in [6.45, 7) is 1.10. The molecular formula is C28H51N9O5. The van der Waals surface area contributed by atoms with Gasteiger partial charge < -0.3 is 49.7 Å². The molecule has 42 heavy (non-hydrogen) atoms. The van der Waals surface area contributed by atoms with E-state index in [0.717, 1.165) is 5.56 Å². The van der Waals surface area contributed by atoms with Crippen molar-refractivity contribution in [1.82, 2.24) is 16.0 Å². The third-order valence-electron chi connectivity index (χ3n) is 6.36. The monoisotopic (exact) mass is 593 g/mol. The number of aliphatic carboxylic acids is 1. The number of nitrogens with one attached hydrogen (secondary N) is 3. The fraction of sp³-hybridized carbons (Fsp3) is 0.607.